The lowest BCUT2D eigenvalue weighted by Crippen LogP contribution is -2.46. The van der Waals surface area contributed by atoms with E-state index in [9.17, 15) is 4.79 Å². The standard InChI is InChI=1S/C14H22N2O2/c1-10(2)16(9-12-7-6-11(3)18-12)14(17)13-5-4-8-15-13/h6-7,10,13,15H,4-5,8-9H2,1-3H3/t13-/m1/s1. The van der Waals surface area contributed by atoms with Crippen LogP contribution >= 0.6 is 0 Å². The van der Waals surface area contributed by atoms with Gasteiger partial charge in [0.2, 0.25) is 5.91 Å². The summed E-state index contributed by atoms with van der Waals surface area (Å²) in [5.41, 5.74) is 0. The number of nitrogens with one attached hydrogen (secondary N) is 1. The summed E-state index contributed by atoms with van der Waals surface area (Å²) >= 11 is 0. The third-order valence-electron chi connectivity index (χ3n) is 3.39. The lowest BCUT2D eigenvalue weighted by molar-refractivity contribution is -0.135. The minimum absolute atomic E-state index is 0.0107. The van der Waals surface area contributed by atoms with E-state index in [1.807, 2.05) is 37.8 Å². The van der Waals surface area contributed by atoms with Gasteiger partial charge in [0.05, 0.1) is 12.6 Å². The van der Waals surface area contributed by atoms with Crippen LogP contribution in [-0.4, -0.2) is 29.4 Å². The normalized spacial score (nSPS) is 19.4. The van der Waals surface area contributed by atoms with Crippen molar-refractivity contribution in [1.29, 1.82) is 0 Å². The van der Waals surface area contributed by atoms with Crippen molar-refractivity contribution in [1.82, 2.24) is 10.2 Å². The van der Waals surface area contributed by atoms with E-state index < -0.39 is 0 Å². The summed E-state index contributed by atoms with van der Waals surface area (Å²) in [6, 6.07) is 4.06. The monoisotopic (exact) mass is 250 g/mol. The Bertz CT molecular complexity index is 406. The topological polar surface area (TPSA) is 45.5 Å². The molecule has 0 saturated carbocycles. The van der Waals surface area contributed by atoms with Crippen molar-refractivity contribution in [3.63, 3.8) is 0 Å². The molecular weight excluding hydrogens is 228 g/mol. The van der Waals surface area contributed by atoms with Gasteiger partial charge in [-0.25, -0.2) is 0 Å². The molecule has 1 fully saturated rings. The van der Waals surface area contributed by atoms with E-state index in [0.717, 1.165) is 30.9 Å². The van der Waals surface area contributed by atoms with E-state index in [0.29, 0.717) is 6.54 Å². The van der Waals surface area contributed by atoms with E-state index in [1.54, 1.807) is 0 Å². The molecule has 1 N–H and O–H groups in total. The van der Waals surface area contributed by atoms with Crippen molar-refractivity contribution >= 4 is 5.91 Å². The summed E-state index contributed by atoms with van der Waals surface area (Å²) < 4.78 is 5.56. The van der Waals surface area contributed by atoms with Gasteiger partial charge in [-0.15, -0.1) is 0 Å². The van der Waals surface area contributed by atoms with Crippen molar-refractivity contribution in [2.24, 2.45) is 0 Å². The van der Waals surface area contributed by atoms with Crippen LogP contribution in [0.15, 0.2) is 16.5 Å². The van der Waals surface area contributed by atoms with Crippen LogP contribution in [0.5, 0.6) is 0 Å². The summed E-state index contributed by atoms with van der Waals surface area (Å²) in [4.78, 5) is 14.3. The molecule has 1 aliphatic heterocycles. The highest BCUT2D eigenvalue weighted by atomic mass is 16.3. The highest BCUT2D eigenvalue weighted by Crippen LogP contribution is 2.16. The Balaban J connectivity index is 2.05. The van der Waals surface area contributed by atoms with Gasteiger partial charge in [-0.05, 0) is 52.3 Å². The van der Waals surface area contributed by atoms with Gasteiger partial charge in [0.25, 0.3) is 0 Å². The van der Waals surface area contributed by atoms with E-state index >= 15 is 0 Å². The minimum atomic E-state index is -0.0107. The Morgan fingerprint density at radius 2 is 2.33 bits per heavy atom. The Hall–Kier alpha value is -1.29. The van der Waals surface area contributed by atoms with Gasteiger partial charge < -0.3 is 14.6 Å². The Morgan fingerprint density at radius 3 is 2.83 bits per heavy atom. The van der Waals surface area contributed by atoms with E-state index in [-0.39, 0.29) is 18.0 Å². The van der Waals surface area contributed by atoms with Gasteiger partial charge in [0, 0.05) is 6.04 Å². The molecule has 4 heteroatoms. The highest BCUT2D eigenvalue weighted by Gasteiger charge is 2.28. The van der Waals surface area contributed by atoms with Crippen LogP contribution in [0.4, 0.5) is 0 Å². The Labute approximate surface area is 108 Å². The first-order valence-electron chi connectivity index (χ1n) is 6.67. The zero-order valence-corrected chi connectivity index (χ0v) is 11.4. The maximum atomic E-state index is 12.4. The molecule has 0 radical (unpaired) electrons. The van der Waals surface area contributed by atoms with Crippen LogP contribution in [0.1, 0.15) is 38.2 Å². The number of nitrogens with zero attached hydrogens (tertiary/aromatic N) is 1. The summed E-state index contributed by atoms with van der Waals surface area (Å²) in [6.45, 7) is 7.51. The van der Waals surface area contributed by atoms with E-state index in [4.69, 9.17) is 4.42 Å². The number of furan rings is 1. The number of aryl methyl sites for hydroxylation is 1. The maximum absolute atomic E-state index is 12.4. The fourth-order valence-corrected chi connectivity index (χ4v) is 2.35. The van der Waals surface area contributed by atoms with Crippen LogP contribution in [0.25, 0.3) is 0 Å². The molecule has 0 aromatic carbocycles. The first kappa shape index (κ1) is 13.1. The molecule has 0 unspecified atom stereocenters. The van der Waals surface area contributed by atoms with Crippen molar-refractivity contribution in [3.8, 4) is 0 Å². The highest BCUT2D eigenvalue weighted by molar-refractivity contribution is 5.82. The smallest absolute Gasteiger partial charge is 0.240 e. The molecule has 1 aliphatic rings. The van der Waals surface area contributed by atoms with Crippen molar-refractivity contribution in [3.05, 3.63) is 23.7 Å². The van der Waals surface area contributed by atoms with Crippen molar-refractivity contribution in [2.75, 3.05) is 6.54 Å². The molecule has 100 valence electrons. The van der Waals surface area contributed by atoms with E-state index in [1.165, 1.54) is 0 Å². The fraction of sp³-hybridized carbons (Fsp3) is 0.643. The number of rotatable bonds is 4. The van der Waals surface area contributed by atoms with Crippen LogP contribution in [0, 0.1) is 6.92 Å². The molecule has 1 atom stereocenters. The zero-order chi connectivity index (χ0) is 13.1. The minimum Gasteiger partial charge on any atom is -0.464 e. The van der Waals surface area contributed by atoms with Gasteiger partial charge in [0.1, 0.15) is 11.5 Å². The summed E-state index contributed by atoms with van der Waals surface area (Å²) in [5, 5.41) is 3.26. The lowest BCUT2D eigenvalue weighted by atomic mass is 10.1. The zero-order valence-electron chi connectivity index (χ0n) is 11.4. The first-order valence-corrected chi connectivity index (χ1v) is 6.67. The number of hydrogen-bond donors (Lipinski definition) is 1. The van der Waals surface area contributed by atoms with Gasteiger partial charge in [-0.1, -0.05) is 0 Å². The van der Waals surface area contributed by atoms with Crippen molar-refractivity contribution in [2.45, 2.75) is 52.2 Å². The molecule has 0 bridgehead atoms. The Morgan fingerprint density at radius 1 is 1.56 bits per heavy atom. The summed E-state index contributed by atoms with van der Waals surface area (Å²) in [5.74, 6) is 1.93. The van der Waals surface area contributed by atoms with Crippen LogP contribution < -0.4 is 5.32 Å². The second-order valence-corrected chi connectivity index (χ2v) is 5.22. The molecule has 1 saturated heterocycles. The summed E-state index contributed by atoms with van der Waals surface area (Å²) in [6.07, 6.45) is 2.03. The molecule has 1 aromatic heterocycles. The maximum Gasteiger partial charge on any atom is 0.240 e. The number of hydrogen-bond acceptors (Lipinski definition) is 3. The molecule has 4 nitrogen and oxygen atoms in total. The van der Waals surface area contributed by atoms with Crippen LogP contribution in [0.2, 0.25) is 0 Å². The number of amides is 1. The molecule has 0 aliphatic carbocycles. The SMILES string of the molecule is Cc1ccc(CN(C(=O)[C@H]2CCCN2)C(C)C)o1. The fourth-order valence-electron chi connectivity index (χ4n) is 2.35. The molecule has 2 heterocycles. The summed E-state index contributed by atoms with van der Waals surface area (Å²) in [7, 11) is 0. The Kier molecular flexibility index (Phi) is 4.07. The third kappa shape index (κ3) is 2.93. The van der Waals surface area contributed by atoms with Crippen LogP contribution in [0.3, 0.4) is 0 Å². The van der Waals surface area contributed by atoms with Gasteiger partial charge in [-0.3, -0.25) is 4.79 Å². The molecular formula is C14H22N2O2. The van der Waals surface area contributed by atoms with Gasteiger partial charge in [0.15, 0.2) is 0 Å². The number of carbonyl (C=O) groups excluding carboxylic acids is 1. The quantitative estimate of drug-likeness (QED) is 0.890. The molecule has 18 heavy (non-hydrogen) atoms. The average molecular weight is 250 g/mol. The van der Waals surface area contributed by atoms with Gasteiger partial charge in [-0.2, -0.15) is 0 Å². The molecule has 1 aromatic rings. The second kappa shape index (κ2) is 5.57. The molecule has 1 amide bonds. The average Bonchev–Trinajstić information content (AvgIpc) is 2.95. The first-order chi connectivity index (χ1) is 8.58. The van der Waals surface area contributed by atoms with Crippen molar-refractivity contribution < 1.29 is 9.21 Å². The van der Waals surface area contributed by atoms with E-state index in [2.05, 4.69) is 5.32 Å². The largest absolute Gasteiger partial charge is 0.464 e. The second-order valence-electron chi connectivity index (χ2n) is 5.22. The lowest BCUT2D eigenvalue weighted by Gasteiger charge is -2.28. The van der Waals surface area contributed by atoms with Gasteiger partial charge >= 0.3 is 0 Å². The van der Waals surface area contributed by atoms with Crippen LogP contribution in [-0.2, 0) is 11.3 Å². The molecule has 2 rings (SSSR count). The molecule has 0 spiro atoms. The third-order valence-corrected chi connectivity index (χ3v) is 3.39. The number of carbonyl (C=O) groups is 1. The predicted molar refractivity (Wildman–Crippen MR) is 70.2 cm³/mol. The predicted octanol–water partition coefficient (Wildman–Crippen LogP) is 2.08.